The number of nitrogens with zero attached hydrogens (tertiary/aromatic N) is 1. The van der Waals surface area contributed by atoms with Crippen molar-refractivity contribution >= 4 is 32.9 Å². The number of carboxylic acid groups (broad SMARTS) is 2. The van der Waals surface area contributed by atoms with Gasteiger partial charge in [0.1, 0.15) is 0 Å². The molecule has 0 aliphatic carbocycles. The van der Waals surface area contributed by atoms with E-state index >= 15 is 0 Å². The maximum Gasteiger partial charge on any atom is 0.511 e. The van der Waals surface area contributed by atoms with Gasteiger partial charge in [-0.2, -0.15) is 13.2 Å². The van der Waals surface area contributed by atoms with Gasteiger partial charge in [0.2, 0.25) is 0 Å². The third kappa shape index (κ3) is 11.4. The highest BCUT2D eigenvalue weighted by Crippen LogP contribution is 2.18. The Balaban J connectivity index is 0.000000266. The highest BCUT2D eigenvalue weighted by atomic mass is 32.2. The molecule has 9 nitrogen and oxygen atoms in total. The summed E-state index contributed by atoms with van der Waals surface area (Å²) in [6, 6.07) is 20.4. The number of aromatic amines is 1. The number of hydrogen-bond acceptors (Lipinski definition) is 5. The molecule has 0 unspecified atom stereocenters. The molecule has 2 aromatic carbocycles. The van der Waals surface area contributed by atoms with E-state index in [9.17, 15) is 31.2 Å². The van der Waals surface area contributed by atoms with Crippen molar-refractivity contribution in [2.45, 2.75) is 32.2 Å². The van der Waals surface area contributed by atoms with Gasteiger partial charge in [-0.1, -0.05) is 43.7 Å². The Labute approximate surface area is 223 Å². The third-order valence-electron chi connectivity index (χ3n) is 4.81. The van der Waals surface area contributed by atoms with Gasteiger partial charge in [0, 0.05) is 23.5 Å². The number of benzene rings is 2. The first-order valence-electron chi connectivity index (χ1n) is 11.3. The van der Waals surface area contributed by atoms with Crippen LogP contribution in [0.5, 0.6) is 0 Å². The number of aryl methyl sites for hydroxylation is 1. The summed E-state index contributed by atoms with van der Waals surface area (Å²) in [6.07, 6.45) is 6.17. The van der Waals surface area contributed by atoms with E-state index in [2.05, 4.69) is 40.2 Å². The molecule has 2 aromatic heterocycles. The number of sulfonamides is 1. The van der Waals surface area contributed by atoms with Crippen LogP contribution < -0.4 is 5.14 Å². The Kier molecular flexibility index (Phi) is 12.8. The van der Waals surface area contributed by atoms with Crippen molar-refractivity contribution in [2.75, 3.05) is 0 Å². The van der Waals surface area contributed by atoms with Crippen molar-refractivity contribution in [2.24, 2.45) is 5.14 Å². The average Bonchev–Trinajstić information content (AvgIpc) is 3.37. The number of halogens is 3. The van der Waals surface area contributed by atoms with Crippen LogP contribution in [0.4, 0.5) is 13.2 Å². The Hall–Kier alpha value is -4.23. The van der Waals surface area contributed by atoms with Crippen LogP contribution in [0.15, 0.2) is 79.1 Å². The number of aromatic nitrogens is 2. The van der Waals surface area contributed by atoms with Crippen LogP contribution in [-0.4, -0.2) is 46.0 Å². The molecule has 210 valence electrons. The first kappa shape index (κ1) is 32.8. The predicted octanol–water partition coefficient (Wildman–Crippen LogP) is 5.39. The van der Waals surface area contributed by atoms with Gasteiger partial charge in [-0.15, -0.1) is 0 Å². The van der Waals surface area contributed by atoms with Crippen molar-refractivity contribution in [3.63, 3.8) is 0 Å². The van der Waals surface area contributed by atoms with E-state index in [-0.39, 0.29) is 16.7 Å². The van der Waals surface area contributed by atoms with E-state index in [0.29, 0.717) is 0 Å². The van der Waals surface area contributed by atoms with Crippen molar-refractivity contribution < 1.29 is 41.4 Å². The van der Waals surface area contributed by atoms with E-state index in [4.69, 9.17) is 10.2 Å². The highest BCUT2D eigenvalue weighted by Gasteiger charge is 2.42. The molecule has 0 saturated carbocycles. The molecule has 0 aliphatic heterocycles. The largest absolute Gasteiger partial charge is 0.511 e. The van der Waals surface area contributed by atoms with E-state index in [0.717, 1.165) is 5.52 Å². The summed E-state index contributed by atoms with van der Waals surface area (Å²) < 4.78 is 51.2. The number of alkyl halides is 3. The quantitative estimate of drug-likeness (QED) is 0.257. The number of carboxylic acids is 2. The summed E-state index contributed by atoms with van der Waals surface area (Å²) >= 11 is 0. The van der Waals surface area contributed by atoms with Crippen LogP contribution in [0.1, 0.15) is 45.3 Å². The van der Waals surface area contributed by atoms with Crippen LogP contribution in [-0.2, 0) is 16.4 Å². The van der Waals surface area contributed by atoms with Crippen molar-refractivity contribution in [1.82, 2.24) is 9.97 Å². The van der Waals surface area contributed by atoms with Gasteiger partial charge in [0.15, 0.2) is 0 Å². The second-order valence-corrected chi connectivity index (χ2v) is 9.27. The summed E-state index contributed by atoms with van der Waals surface area (Å²) in [5.74, 6) is -2.22. The molecule has 2 heterocycles. The van der Waals surface area contributed by atoms with Crippen LogP contribution in [0.25, 0.3) is 10.9 Å². The Bertz CT molecular complexity index is 1360. The molecule has 0 spiro atoms. The van der Waals surface area contributed by atoms with E-state index in [1.807, 2.05) is 42.7 Å². The fourth-order valence-electron chi connectivity index (χ4n) is 2.91. The Morgan fingerprint density at radius 1 is 0.923 bits per heavy atom. The first-order chi connectivity index (χ1) is 18.2. The molecular weight excluding hydrogens is 539 g/mol. The number of nitrogens with one attached hydrogen (secondary N) is 1. The minimum atomic E-state index is -5.34. The number of H-pyrrole nitrogens is 1. The third-order valence-corrected chi connectivity index (χ3v) is 5.46. The van der Waals surface area contributed by atoms with Crippen LogP contribution in [0.3, 0.4) is 0 Å². The predicted molar refractivity (Wildman–Crippen MR) is 141 cm³/mol. The van der Waals surface area contributed by atoms with E-state index in [1.165, 1.54) is 49.0 Å². The number of aromatic carboxylic acids is 2. The molecule has 5 N–H and O–H groups in total. The number of carbonyl (C=O) groups is 2. The fourth-order valence-corrected chi connectivity index (χ4v) is 2.91. The first-order valence-corrected chi connectivity index (χ1v) is 12.8. The zero-order chi connectivity index (χ0) is 29.6. The number of para-hydroxylation sites is 1. The zero-order valence-electron chi connectivity index (χ0n) is 21.0. The number of hydrogen-bond donors (Lipinski definition) is 4. The summed E-state index contributed by atoms with van der Waals surface area (Å²) in [5.41, 5.74) is -2.58. The van der Waals surface area contributed by atoms with Crippen LogP contribution in [0.2, 0.25) is 0 Å². The fraction of sp³-hybridized carbons (Fsp3) is 0.192. The number of rotatable bonds is 4. The van der Waals surface area contributed by atoms with Gasteiger partial charge >= 0.3 is 27.5 Å². The molecular formula is C26H28F3N3O6S. The molecule has 0 aliphatic rings. The highest BCUT2D eigenvalue weighted by molar-refractivity contribution is 7.90. The monoisotopic (exact) mass is 567 g/mol. The van der Waals surface area contributed by atoms with E-state index < -0.39 is 27.5 Å². The smallest absolute Gasteiger partial charge is 0.478 e. The summed E-state index contributed by atoms with van der Waals surface area (Å²) in [6.45, 7) is 3.66. The molecule has 0 amide bonds. The molecule has 4 rings (SSSR count). The lowest BCUT2D eigenvalue weighted by molar-refractivity contribution is -0.0436. The molecule has 4 aromatic rings. The Morgan fingerprint density at radius 3 is 1.90 bits per heavy atom. The van der Waals surface area contributed by atoms with Gasteiger partial charge in [-0.25, -0.2) is 23.1 Å². The van der Waals surface area contributed by atoms with Crippen molar-refractivity contribution in [3.8, 4) is 0 Å². The summed E-state index contributed by atoms with van der Waals surface area (Å²) in [7, 11) is -5.34. The second-order valence-electron chi connectivity index (χ2n) is 7.72. The molecule has 0 atom stereocenters. The van der Waals surface area contributed by atoms with E-state index in [1.54, 1.807) is 0 Å². The molecule has 0 fully saturated rings. The SMILES string of the molecule is CCCc1ccc[nH]1.Cc1c(C(=O)O)cccc1C(=O)O.NS(=O)(=O)C(F)(F)F.c1ccc2ncccc2c1. The lowest BCUT2D eigenvalue weighted by Gasteiger charge is -2.03. The lowest BCUT2D eigenvalue weighted by atomic mass is 10.0. The number of pyridine rings is 1. The number of nitrogens with two attached hydrogens (primary N) is 1. The molecule has 13 heteroatoms. The summed E-state index contributed by atoms with van der Waals surface area (Å²) in [5, 5.41) is 22.2. The minimum absolute atomic E-state index is 0.0277. The number of primary sulfonamides is 1. The standard InChI is InChI=1S/C9H7N.C9H8O4.C7H11N.CH2F3NO2S/c1-2-6-9-8(4-1)5-3-7-10-9;1-5-6(8(10)11)3-2-4-7(5)9(12)13;1-2-4-7-5-3-6-8-7;2-1(3,4)8(5,6)7/h1-7H;2-4H,1H3,(H,10,11)(H,12,13);3,5-6,8H,2,4H2,1H3;(H2,5,6,7). The average molecular weight is 568 g/mol. The molecule has 0 radical (unpaired) electrons. The molecule has 39 heavy (non-hydrogen) atoms. The van der Waals surface area contributed by atoms with Gasteiger partial charge in [-0.05, 0) is 55.3 Å². The van der Waals surface area contributed by atoms with Crippen LogP contribution >= 0.6 is 0 Å². The second kappa shape index (κ2) is 15.2. The van der Waals surface area contributed by atoms with Gasteiger partial charge < -0.3 is 15.2 Å². The maximum atomic E-state index is 10.8. The van der Waals surface area contributed by atoms with Crippen LogP contribution in [0, 0.1) is 6.92 Å². The lowest BCUT2D eigenvalue weighted by Crippen LogP contribution is -2.30. The zero-order valence-corrected chi connectivity index (χ0v) is 21.8. The Morgan fingerprint density at radius 2 is 1.46 bits per heavy atom. The minimum Gasteiger partial charge on any atom is -0.478 e. The number of fused-ring (bicyclic) bond motifs is 1. The van der Waals surface area contributed by atoms with Gasteiger partial charge in [-0.3, -0.25) is 4.98 Å². The van der Waals surface area contributed by atoms with Gasteiger partial charge in [0.25, 0.3) is 0 Å². The van der Waals surface area contributed by atoms with Crippen molar-refractivity contribution in [3.05, 3.63) is 102 Å². The molecule has 0 bridgehead atoms. The van der Waals surface area contributed by atoms with Crippen molar-refractivity contribution in [1.29, 1.82) is 0 Å². The normalized spacial score (nSPS) is 10.6. The van der Waals surface area contributed by atoms with Gasteiger partial charge in [0.05, 0.1) is 16.6 Å². The topological polar surface area (TPSA) is 163 Å². The maximum absolute atomic E-state index is 10.8. The molecule has 0 saturated heterocycles. The summed E-state index contributed by atoms with van der Waals surface area (Å²) in [4.78, 5) is 28.5.